The minimum absolute atomic E-state index is 0.108. The topological polar surface area (TPSA) is 92.2 Å². The summed E-state index contributed by atoms with van der Waals surface area (Å²) in [5.74, 6) is 0.484. The van der Waals surface area contributed by atoms with Crippen molar-refractivity contribution in [2.45, 2.75) is 6.61 Å². The van der Waals surface area contributed by atoms with Crippen LogP contribution in [-0.2, 0) is 6.61 Å². The lowest BCUT2D eigenvalue weighted by atomic mass is 10.1. The summed E-state index contributed by atoms with van der Waals surface area (Å²) in [6.45, 7) is 0.108. The fourth-order valence-corrected chi connectivity index (χ4v) is 2.38. The summed E-state index contributed by atoms with van der Waals surface area (Å²) in [4.78, 5) is 12.2. The Morgan fingerprint density at radius 2 is 1.96 bits per heavy atom. The number of nitrogens with zero attached hydrogens (tertiary/aromatic N) is 4. The first-order valence-corrected chi connectivity index (χ1v) is 7.33. The number of halogens is 1. The molecule has 0 amide bonds. The van der Waals surface area contributed by atoms with Crippen LogP contribution in [0.15, 0.2) is 57.7 Å². The Morgan fingerprint density at radius 3 is 2.72 bits per heavy atom. The molecule has 0 spiro atoms. The van der Waals surface area contributed by atoms with Gasteiger partial charge < -0.3 is 14.3 Å². The molecule has 0 unspecified atom stereocenters. The van der Waals surface area contributed by atoms with Crippen molar-refractivity contribution in [3.8, 4) is 16.9 Å². The van der Waals surface area contributed by atoms with E-state index in [1.165, 1.54) is 24.3 Å². The van der Waals surface area contributed by atoms with Crippen LogP contribution in [0.1, 0.15) is 5.82 Å². The number of aromatic nitrogens is 4. The summed E-state index contributed by atoms with van der Waals surface area (Å²) in [5, 5.41) is 14.8. The number of fused-ring (bicyclic) bond motifs is 1. The van der Waals surface area contributed by atoms with Gasteiger partial charge in [-0.3, -0.25) is 10.3 Å². The molecule has 0 N–H and O–H groups in total. The van der Waals surface area contributed by atoms with Crippen LogP contribution in [0.25, 0.3) is 22.1 Å². The molecule has 0 saturated carbocycles. The SMILES string of the molecule is O=c1oc2cc(OCc3nnn[n-]3)ccc2cc1-c1ccc(F)cc1. The van der Waals surface area contributed by atoms with E-state index in [2.05, 4.69) is 20.6 Å². The molecule has 4 aromatic rings. The lowest BCUT2D eigenvalue weighted by molar-refractivity contribution is 0.295. The molecule has 0 atom stereocenters. The maximum Gasteiger partial charge on any atom is 0.344 e. The average molecular weight is 337 g/mol. The molecule has 124 valence electrons. The molecule has 7 nitrogen and oxygen atoms in total. The Balaban J connectivity index is 1.66. The van der Waals surface area contributed by atoms with Crippen LogP contribution < -0.4 is 15.5 Å². The summed E-state index contributed by atoms with van der Waals surface area (Å²) in [5.41, 5.74) is 0.825. The van der Waals surface area contributed by atoms with E-state index in [-0.39, 0.29) is 12.4 Å². The smallest absolute Gasteiger partial charge is 0.344 e. The molecular weight excluding hydrogens is 327 g/mol. The zero-order valence-electron chi connectivity index (χ0n) is 12.7. The maximum absolute atomic E-state index is 13.0. The minimum Gasteiger partial charge on any atom is -0.488 e. The highest BCUT2D eigenvalue weighted by Crippen LogP contribution is 2.24. The Labute approximate surface area is 140 Å². The predicted octanol–water partition coefficient (Wildman–Crippen LogP) is 2.32. The van der Waals surface area contributed by atoms with Crippen LogP contribution in [0.3, 0.4) is 0 Å². The molecule has 25 heavy (non-hydrogen) atoms. The van der Waals surface area contributed by atoms with Gasteiger partial charge in [0.2, 0.25) is 0 Å². The third kappa shape index (κ3) is 3.09. The van der Waals surface area contributed by atoms with Gasteiger partial charge in [-0.25, -0.2) is 9.18 Å². The molecule has 0 aliphatic heterocycles. The molecule has 2 aromatic heterocycles. The van der Waals surface area contributed by atoms with Crippen molar-refractivity contribution in [1.29, 1.82) is 0 Å². The highest BCUT2D eigenvalue weighted by Gasteiger charge is 2.09. The van der Waals surface area contributed by atoms with E-state index in [4.69, 9.17) is 9.15 Å². The normalized spacial score (nSPS) is 10.9. The molecule has 0 fully saturated rings. The molecule has 8 heteroatoms. The lowest BCUT2D eigenvalue weighted by Crippen LogP contribution is -2.03. The zero-order valence-corrected chi connectivity index (χ0v) is 12.7. The number of hydrogen-bond donors (Lipinski definition) is 0. The summed E-state index contributed by atoms with van der Waals surface area (Å²) in [6.07, 6.45) is 0. The molecule has 4 rings (SSSR count). The highest BCUT2D eigenvalue weighted by atomic mass is 19.1. The van der Waals surface area contributed by atoms with E-state index < -0.39 is 5.63 Å². The Bertz CT molecular complexity index is 1080. The van der Waals surface area contributed by atoms with Gasteiger partial charge >= 0.3 is 5.63 Å². The standard InChI is InChI=1S/C17H10FN4O3/c18-12-4-1-10(2-5-12)14-7-11-3-6-13(8-15(11)25-17(14)23)24-9-16-19-21-22-20-16/h1-8H,9H2/q-1. The third-order valence-corrected chi connectivity index (χ3v) is 3.59. The van der Waals surface area contributed by atoms with Crippen molar-refractivity contribution in [3.63, 3.8) is 0 Å². The Hall–Kier alpha value is -3.55. The number of hydrogen-bond acceptors (Lipinski definition) is 6. The second kappa shape index (κ2) is 6.16. The van der Waals surface area contributed by atoms with E-state index >= 15 is 0 Å². The Morgan fingerprint density at radius 1 is 1.12 bits per heavy atom. The number of tetrazole rings is 1. The first kappa shape index (κ1) is 15.0. The molecular formula is C17H10FN4O3-. The largest absolute Gasteiger partial charge is 0.488 e. The van der Waals surface area contributed by atoms with Crippen LogP contribution in [0.4, 0.5) is 4.39 Å². The van der Waals surface area contributed by atoms with Gasteiger partial charge in [-0.1, -0.05) is 12.1 Å². The maximum atomic E-state index is 13.0. The molecule has 2 aromatic carbocycles. The van der Waals surface area contributed by atoms with Gasteiger partial charge in [0.25, 0.3) is 0 Å². The quantitative estimate of drug-likeness (QED) is 0.528. The molecule has 0 bridgehead atoms. The number of benzene rings is 2. The summed E-state index contributed by atoms with van der Waals surface area (Å²) < 4.78 is 23.9. The van der Waals surface area contributed by atoms with Gasteiger partial charge in [0.15, 0.2) is 0 Å². The number of ether oxygens (including phenoxy) is 1. The molecule has 0 saturated heterocycles. The fraction of sp³-hybridized carbons (Fsp3) is 0.0588. The molecule has 2 heterocycles. The summed E-state index contributed by atoms with van der Waals surface area (Å²) >= 11 is 0. The first-order valence-electron chi connectivity index (χ1n) is 7.33. The van der Waals surface area contributed by atoms with Gasteiger partial charge in [-0.2, -0.15) is 5.21 Å². The Kier molecular flexibility index (Phi) is 3.70. The lowest BCUT2D eigenvalue weighted by Gasteiger charge is -2.07. The van der Waals surface area contributed by atoms with E-state index in [1.807, 2.05) is 0 Å². The second-order valence-corrected chi connectivity index (χ2v) is 5.24. The van der Waals surface area contributed by atoms with Crippen LogP contribution in [-0.4, -0.2) is 15.5 Å². The first-order chi connectivity index (χ1) is 12.2. The fourth-order valence-electron chi connectivity index (χ4n) is 2.38. The van der Waals surface area contributed by atoms with Gasteiger partial charge in [0.1, 0.15) is 23.8 Å². The van der Waals surface area contributed by atoms with Crippen molar-refractivity contribution in [1.82, 2.24) is 20.6 Å². The van der Waals surface area contributed by atoms with Gasteiger partial charge in [0, 0.05) is 17.3 Å². The van der Waals surface area contributed by atoms with Crippen molar-refractivity contribution in [2.24, 2.45) is 0 Å². The van der Waals surface area contributed by atoms with Gasteiger partial charge in [-0.15, -0.1) is 0 Å². The van der Waals surface area contributed by atoms with Gasteiger partial charge in [-0.05, 0) is 35.9 Å². The zero-order chi connectivity index (χ0) is 17.2. The summed E-state index contributed by atoms with van der Waals surface area (Å²) in [6, 6.07) is 12.5. The van der Waals surface area contributed by atoms with Crippen molar-refractivity contribution in [3.05, 3.63) is 70.6 Å². The molecule has 0 aliphatic carbocycles. The minimum atomic E-state index is -0.510. The van der Waals surface area contributed by atoms with Crippen molar-refractivity contribution in [2.75, 3.05) is 0 Å². The van der Waals surface area contributed by atoms with Crippen molar-refractivity contribution >= 4 is 11.0 Å². The van der Waals surface area contributed by atoms with Crippen LogP contribution in [0.2, 0.25) is 0 Å². The number of rotatable bonds is 4. The van der Waals surface area contributed by atoms with Crippen LogP contribution in [0, 0.1) is 5.82 Å². The van der Waals surface area contributed by atoms with E-state index in [1.54, 1.807) is 24.3 Å². The van der Waals surface area contributed by atoms with E-state index in [9.17, 15) is 9.18 Å². The molecule has 0 radical (unpaired) electrons. The van der Waals surface area contributed by atoms with Crippen LogP contribution >= 0.6 is 0 Å². The predicted molar refractivity (Wildman–Crippen MR) is 85.4 cm³/mol. The van der Waals surface area contributed by atoms with E-state index in [0.717, 1.165) is 5.39 Å². The summed E-state index contributed by atoms with van der Waals surface area (Å²) in [7, 11) is 0. The van der Waals surface area contributed by atoms with E-state index in [0.29, 0.717) is 28.3 Å². The molecule has 0 aliphatic rings. The van der Waals surface area contributed by atoms with Gasteiger partial charge in [0.05, 0.1) is 5.56 Å². The second-order valence-electron chi connectivity index (χ2n) is 5.24. The highest BCUT2D eigenvalue weighted by molar-refractivity contribution is 5.82. The van der Waals surface area contributed by atoms with Crippen LogP contribution in [0.5, 0.6) is 5.75 Å². The average Bonchev–Trinajstić information content (AvgIpc) is 3.14. The third-order valence-electron chi connectivity index (χ3n) is 3.59. The monoisotopic (exact) mass is 337 g/mol. The van der Waals surface area contributed by atoms with Crippen molar-refractivity contribution < 1.29 is 13.5 Å².